The second kappa shape index (κ2) is 10.4. The lowest BCUT2D eigenvalue weighted by Crippen LogP contribution is -2.42. The van der Waals surface area contributed by atoms with Crippen LogP contribution in [-0.2, 0) is 11.3 Å². The average molecular weight is 511 g/mol. The molecule has 9 heteroatoms. The number of imidazole rings is 1. The van der Waals surface area contributed by atoms with Gasteiger partial charge in [0.1, 0.15) is 23.2 Å². The van der Waals surface area contributed by atoms with E-state index in [9.17, 15) is 4.79 Å². The van der Waals surface area contributed by atoms with Gasteiger partial charge in [-0.25, -0.2) is 9.78 Å². The summed E-state index contributed by atoms with van der Waals surface area (Å²) in [6.07, 6.45) is 1.44. The molecule has 1 aliphatic rings. The fourth-order valence-electron chi connectivity index (χ4n) is 4.32. The maximum atomic E-state index is 12.6. The van der Waals surface area contributed by atoms with Crippen molar-refractivity contribution in [2.45, 2.75) is 19.6 Å². The molecule has 0 radical (unpaired) electrons. The van der Waals surface area contributed by atoms with Crippen LogP contribution in [0.2, 0.25) is 5.02 Å². The monoisotopic (exact) mass is 510 g/mol. The molecular formula is C26H27ClN4O3S. The van der Waals surface area contributed by atoms with Gasteiger partial charge in [-0.15, -0.1) is 11.3 Å². The van der Waals surface area contributed by atoms with E-state index in [0.717, 1.165) is 54.3 Å². The van der Waals surface area contributed by atoms with E-state index in [-0.39, 0.29) is 6.10 Å². The van der Waals surface area contributed by atoms with E-state index in [1.165, 1.54) is 24.0 Å². The molecule has 0 bridgehead atoms. The number of nitrogens with one attached hydrogen (secondary N) is 1. The van der Waals surface area contributed by atoms with Crippen LogP contribution in [0.5, 0.6) is 5.75 Å². The first-order valence-corrected chi connectivity index (χ1v) is 12.8. The number of fused-ring (bicyclic) bond motifs is 1. The van der Waals surface area contributed by atoms with Gasteiger partial charge in [0.15, 0.2) is 4.88 Å². The van der Waals surface area contributed by atoms with E-state index in [4.69, 9.17) is 21.1 Å². The SMILES string of the molecule is COC(=O)c1sc(-n2cnc3ccc(CN4CCNCC4)cc32)cc1O[C@H](C)c1ccccc1Cl. The zero-order chi connectivity index (χ0) is 24.4. The number of aromatic nitrogens is 2. The third-order valence-corrected chi connectivity index (χ3v) is 7.61. The number of thiophene rings is 1. The topological polar surface area (TPSA) is 68.6 Å². The summed E-state index contributed by atoms with van der Waals surface area (Å²) < 4.78 is 13.3. The van der Waals surface area contributed by atoms with Gasteiger partial charge in [-0.1, -0.05) is 35.9 Å². The molecule has 1 N–H and O–H groups in total. The Balaban J connectivity index is 1.47. The van der Waals surface area contributed by atoms with E-state index in [1.807, 2.05) is 41.8 Å². The molecule has 0 amide bonds. The van der Waals surface area contributed by atoms with Gasteiger partial charge in [0, 0.05) is 49.4 Å². The summed E-state index contributed by atoms with van der Waals surface area (Å²) in [6, 6.07) is 15.8. The van der Waals surface area contributed by atoms with Crippen LogP contribution in [0.4, 0.5) is 0 Å². The van der Waals surface area contributed by atoms with Crippen molar-refractivity contribution in [3.05, 3.63) is 75.9 Å². The van der Waals surface area contributed by atoms with Crippen molar-refractivity contribution in [1.29, 1.82) is 0 Å². The van der Waals surface area contributed by atoms with Crippen molar-refractivity contribution in [3.8, 4) is 10.8 Å². The largest absolute Gasteiger partial charge is 0.484 e. The molecule has 0 aliphatic carbocycles. The van der Waals surface area contributed by atoms with Crippen LogP contribution in [0.3, 0.4) is 0 Å². The molecule has 3 heterocycles. The number of methoxy groups -OCH3 is 1. The van der Waals surface area contributed by atoms with Crippen molar-refractivity contribution in [2.24, 2.45) is 0 Å². The fraction of sp³-hybridized carbons (Fsp3) is 0.308. The fourth-order valence-corrected chi connectivity index (χ4v) is 5.60. The van der Waals surface area contributed by atoms with Gasteiger partial charge < -0.3 is 14.8 Å². The summed E-state index contributed by atoms with van der Waals surface area (Å²) >= 11 is 7.68. The number of carbonyl (C=O) groups excluding carboxylic acids is 1. The molecule has 2 aromatic carbocycles. The highest BCUT2D eigenvalue weighted by Crippen LogP contribution is 2.37. The van der Waals surface area contributed by atoms with Gasteiger partial charge in [-0.05, 0) is 30.7 Å². The first kappa shape index (κ1) is 23.8. The molecule has 1 fully saturated rings. The molecule has 35 heavy (non-hydrogen) atoms. The smallest absolute Gasteiger partial charge is 0.351 e. The van der Waals surface area contributed by atoms with E-state index < -0.39 is 5.97 Å². The number of nitrogens with zero attached hydrogens (tertiary/aromatic N) is 3. The molecule has 1 saturated heterocycles. The van der Waals surface area contributed by atoms with E-state index in [2.05, 4.69) is 33.4 Å². The van der Waals surface area contributed by atoms with Crippen LogP contribution in [0, 0.1) is 0 Å². The molecular weight excluding hydrogens is 484 g/mol. The first-order chi connectivity index (χ1) is 17.0. The summed E-state index contributed by atoms with van der Waals surface area (Å²) in [5, 5.41) is 4.84. The summed E-state index contributed by atoms with van der Waals surface area (Å²) in [4.78, 5) is 20.0. The van der Waals surface area contributed by atoms with Crippen LogP contribution in [0.25, 0.3) is 16.0 Å². The quantitative estimate of drug-likeness (QED) is 0.350. The minimum absolute atomic E-state index is 0.347. The maximum Gasteiger partial charge on any atom is 0.351 e. The van der Waals surface area contributed by atoms with Crippen molar-refractivity contribution < 1.29 is 14.3 Å². The number of hydrogen-bond donors (Lipinski definition) is 1. The Labute approximate surface area is 213 Å². The number of benzene rings is 2. The molecule has 1 atom stereocenters. The first-order valence-electron chi connectivity index (χ1n) is 11.6. The number of hydrogen-bond acceptors (Lipinski definition) is 7. The number of rotatable bonds is 7. The minimum Gasteiger partial charge on any atom is -0.484 e. The highest BCUT2D eigenvalue weighted by Gasteiger charge is 2.23. The normalized spacial score (nSPS) is 15.3. The van der Waals surface area contributed by atoms with Crippen LogP contribution < -0.4 is 10.1 Å². The average Bonchev–Trinajstić information content (AvgIpc) is 3.48. The molecule has 1 aliphatic heterocycles. The molecule has 4 aromatic rings. The predicted octanol–water partition coefficient (Wildman–Crippen LogP) is 5.07. The standard InChI is InChI=1S/C26H27ClN4O3S/c1-17(19-5-3-4-6-20(19)27)34-23-14-24(35-25(23)26(32)33-2)31-16-29-21-8-7-18(13-22(21)31)15-30-11-9-28-10-12-30/h3-8,13-14,16-17,28H,9-12,15H2,1-2H3/t17-/m1/s1. The van der Waals surface area contributed by atoms with E-state index >= 15 is 0 Å². The molecule has 0 spiro atoms. The molecule has 2 aromatic heterocycles. The van der Waals surface area contributed by atoms with Crippen molar-refractivity contribution >= 4 is 39.9 Å². The Morgan fingerprint density at radius 2 is 2.00 bits per heavy atom. The van der Waals surface area contributed by atoms with Crippen LogP contribution in [0.15, 0.2) is 54.9 Å². The summed E-state index contributed by atoms with van der Waals surface area (Å²) in [5.41, 5.74) is 3.97. The Bertz CT molecular complexity index is 1350. The third kappa shape index (κ3) is 5.06. The molecule has 0 saturated carbocycles. The summed E-state index contributed by atoms with van der Waals surface area (Å²) in [5.74, 6) is 0.0227. The van der Waals surface area contributed by atoms with Crippen LogP contribution in [-0.4, -0.2) is 53.7 Å². The highest BCUT2D eigenvalue weighted by atomic mass is 35.5. The minimum atomic E-state index is -0.438. The predicted molar refractivity (Wildman–Crippen MR) is 139 cm³/mol. The van der Waals surface area contributed by atoms with Gasteiger partial charge in [0.25, 0.3) is 0 Å². The van der Waals surface area contributed by atoms with Crippen LogP contribution in [0.1, 0.15) is 33.8 Å². The van der Waals surface area contributed by atoms with Crippen LogP contribution >= 0.6 is 22.9 Å². The Kier molecular flexibility index (Phi) is 7.06. The van der Waals surface area contributed by atoms with Gasteiger partial charge in [0.05, 0.1) is 18.1 Å². The van der Waals surface area contributed by atoms with E-state index in [0.29, 0.717) is 15.6 Å². The van der Waals surface area contributed by atoms with Gasteiger partial charge in [-0.2, -0.15) is 0 Å². The van der Waals surface area contributed by atoms with Crippen molar-refractivity contribution in [2.75, 3.05) is 33.3 Å². The Morgan fingerprint density at radius 3 is 2.77 bits per heavy atom. The third-order valence-electron chi connectivity index (χ3n) is 6.17. The zero-order valence-electron chi connectivity index (χ0n) is 19.7. The molecule has 7 nitrogen and oxygen atoms in total. The van der Waals surface area contributed by atoms with Crippen molar-refractivity contribution in [3.63, 3.8) is 0 Å². The number of ether oxygens (including phenoxy) is 2. The maximum absolute atomic E-state index is 12.6. The molecule has 5 rings (SSSR count). The van der Waals surface area contributed by atoms with Gasteiger partial charge in [0.2, 0.25) is 0 Å². The lowest BCUT2D eigenvalue weighted by molar-refractivity contribution is 0.0600. The van der Waals surface area contributed by atoms with Crippen molar-refractivity contribution in [1.82, 2.24) is 19.8 Å². The van der Waals surface area contributed by atoms with Gasteiger partial charge in [-0.3, -0.25) is 9.47 Å². The number of esters is 1. The zero-order valence-corrected chi connectivity index (χ0v) is 21.2. The lowest BCUT2D eigenvalue weighted by Gasteiger charge is -2.27. The Hall–Kier alpha value is -2.91. The summed E-state index contributed by atoms with van der Waals surface area (Å²) in [6.45, 7) is 6.91. The Morgan fingerprint density at radius 1 is 1.20 bits per heavy atom. The van der Waals surface area contributed by atoms with E-state index in [1.54, 1.807) is 6.33 Å². The number of halogens is 1. The summed E-state index contributed by atoms with van der Waals surface area (Å²) in [7, 11) is 1.37. The molecule has 0 unspecified atom stereocenters. The number of piperazine rings is 1. The lowest BCUT2D eigenvalue weighted by atomic mass is 10.1. The highest BCUT2D eigenvalue weighted by molar-refractivity contribution is 7.16. The second-order valence-corrected chi connectivity index (χ2v) is 9.95. The number of carbonyl (C=O) groups is 1. The molecule has 182 valence electrons. The second-order valence-electron chi connectivity index (χ2n) is 8.51. The van der Waals surface area contributed by atoms with Gasteiger partial charge >= 0.3 is 5.97 Å².